The second-order valence-electron chi connectivity index (χ2n) is 7.40. The molecule has 0 aliphatic heterocycles. The maximum atomic E-state index is 13.2. The highest BCUT2D eigenvalue weighted by atomic mass is 16.3. The molecule has 0 radical (unpaired) electrons. The monoisotopic (exact) mass is 433 g/mol. The summed E-state index contributed by atoms with van der Waals surface area (Å²) < 4.78 is 6.00. The van der Waals surface area contributed by atoms with E-state index in [4.69, 9.17) is 4.42 Å². The van der Waals surface area contributed by atoms with Crippen molar-refractivity contribution in [3.8, 4) is 0 Å². The van der Waals surface area contributed by atoms with E-state index in [1.165, 1.54) is 0 Å². The molecule has 0 atom stereocenters. The molecule has 6 nitrogen and oxygen atoms in total. The number of benzene rings is 4. The summed E-state index contributed by atoms with van der Waals surface area (Å²) in [4.78, 5) is 25.7. The van der Waals surface area contributed by atoms with E-state index in [2.05, 4.69) is 15.8 Å². The van der Waals surface area contributed by atoms with Crippen LogP contribution in [0, 0.1) is 0 Å². The molecule has 2 amide bonds. The van der Waals surface area contributed by atoms with Gasteiger partial charge in [0.05, 0.1) is 0 Å². The zero-order valence-corrected chi connectivity index (χ0v) is 17.5. The standard InChI is InChI=1S/C27H19N3O3/c31-25(19-10-3-1-4-11-19)29-30-27-23(26(32)28-20-12-5-2-6-13-20)17-22-21-14-8-7-9-18(21)15-16-24(22)33-27/h1-17H,(H,28,32)(H,29,31)/b30-27+. The SMILES string of the molecule is O=C(N/N=c1/oc2ccc3ccccc3c2cc1C(=O)Nc1ccccc1)c1ccccc1. The molecule has 5 rings (SSSR count). The molecule has 160 valence electrons. The van der Waals surface area contributed by atoms with E-state index in [1.54, 1.807) is 42.5 Å². The summed E-state index contributed by atoms with van der Waals surface area (Å²) in [6, 6.07) is 31.2. The summed E-state index contributed by atoms with van der Waals surface area (Å²) in [6.45, 7) is 0. The molecule has 4 aromatic carbocycles. The van der Waals surface area contributed by atoms with Crippen molar-refractivity contribution in [2.75, 3.05) is 5.32 Å². The minimum absolute atomic E-state index is 0.00972. The van der Waals surface area contributed by atoms with Crippen molar-refractivity contribution in [1.29, 1.82) is 0 Å². The Morgan fingerprint density at radius 1 is 0.697 bits per heavy atom. The highest BCUT2D eigenvalue weighted by Crippen LogP contribution is 2.25. The van der Waals surface area contributed by atoms with Gasteiger partial charge in [-0.3, -0.25) is 9.59 Å². The average Bonchev–Trinajstić information content (AvgIpc) is 2.87. The number of hydrogen-bond acceptors (Lipinski definition) is 4. The number of nitrogens with one attached hydrogen (secondary N) is 2. The van der Waals surface area contributed by atoms with Gasteiger partial charge in [0, 0.05) is 16.6 Å². The van der Waals surface area contributed by atoms with E-state index in [-0.39, 0.29) is 11.1 Å². The number of carbonyl (C=O) groups excluding carboxylic acids is 2. The molecule has 6 heteroatoms. The Bertz CT molecular complexity index is 1540. The average molecular weight is 433 g/mol. The quantitative estimate of drug-likeness (QED) is 0.306. The highest BCUT2D eigenvalue weighted by Gasteiger charge is 2.15. The first-order chi connectivity index (χ1) is 16.2. The van der Waals surface area contributed by atoms with Crippen LogP contribution < -0.4 is 16.3 Å². The third-order valence-corrected chi connectivity index (χ3v) is 5.23. The molecule has 0 spiro atoms. The third-order valence-electron chi connectivity index (χ3n) is 5.23. The second kappa shape index (κ2) is 8.80. The molecule has 0 aliphatic rings. The van der Waals surface area contributed by atoms with Crippen LogP contribution in [0.3, 0.4) is 0 Å². The minimum Gasteiger partial charge on any atom is -0.436 e. The lowest BCUT2D eigenvalue weighted by atomic mass is 10.0. The van der Waals surface area contributed by atoms with E-state index in [9.17, 15) is 9.59 Å². The predicted octanol–water partition coefficient (Wildman–Crippen LogP) is 5.08. The van der Waals surface area contributed by atoms with Gasteiger partial charge in [0.2, 0.25) is 5.55 Å². The van der Waals surface area contributed by atoms with Crippen molar-refractivity contribution in [3.63, 3.8) is 0 Å². The molecule has 0 saturated heterocycles. The second-order valence-corrected chi connectivity index (χ2v) is 7.40. The third kappa shape index (κ3) is 4.22. The maximum Gasteiger partial charge on any atom is 0.271 e. The lowest BCUT2D eigenvalue weighted by molar-refractivity contribution is 0.0948. The predicted molar refractivity (Wildman–Crippen MR) is 128 cm³/mol. The van der Waals surface area contributed by atoms with Crippen molar-refractivity contribution in [1.82, 2.24) is 5.43 Å². The highest BCUT2D eigenvalue weighted by molar-refractivity contribution is 6.10. The Morgan fingerprint density at radius 3 is 2.18 bits per heavy atom. The van der Waals surface area contributed by atoms with Crippen molar-refractivity contribution < 1.29 is 14.0 Å². The molecule has 0 bridgehead atoms. The largest absolute Gasteiger partial charge is 0.436 e. The Hall–Kier alpha value is -4.71. The van der Waals surface area contributed by atoms with Crippen LogP contribution in [0.1, 0.15) is 20.7 Å². The normalized spacial score (nSPS) is 11.5. The van der Waals surface area contributed by atoms with E-state index in [0.717, 1.165) is 16.2 Å². The van der Waals surface area contributed by atoms with E-state index >= 15 is 0 Å². The van der Waals surface area contributed by atoms with Crippen LogP contribution in [0.2, 0.25) is 0 Å². The van der Waals surface area contributed by atoms with Crippen molar-refractivity contribution in [2.24, 2.45) is 5.10 Å². The molecule has 0 fully saturated rings. The minimum atomic E-state index is -0.404. The van der Waals surface area contributed by atoms with E-state index < -0.39 is 11.8 Å². The van der Waals surface area contributed by atoms with Gasteiger partial charge in [-0.2, -0.15) is 0 Å². The molecular formula is C27H19N3O3. The summed E-state index contributed by atoms with van der Waals surface area (Å²) in [5, 5.41) is 9.76. The number of hydrogen-bond donors (Lipinski definition) is 2. The van der Waals surface area contributed by atoms with Crippen molar-refractivity contribution in [2.45, 2.75) is 0 Å². The summed E-state index contributed by atoms with van der Waals surface area (Å²) in [6.07, 6.45) is 0. The number of anilines is 1. The Kier molecular flexibility index (Phi) is 5.39. The van der Waals surface area contributed by atoms with Gasteiger partial charge < -0.3 is 9.73 Å². The molecule has 0 aliphatic carbocycles. The molecule has 1 heterocycles. The Balaban J connectivity index is 1.62. The fourth-order valence-electron chi connectivity index (χ4n) is 3.60. The molecule has 5 aromatic rings. The first kappa shape index (κ1) is 20.2. The fourth-order valence-corrected chi connectivity index (χ4v) is 3.60. The van der Waals surface area contributed by atoms with Crippen molar-refractivity contribution >= 4 is 39.2 Å². The number of rotatable bonds is 4. The molecule has 0 saturated carbocycles. The summed E-state index contributed by atoms with van der Waals surface area (Å²) in [7, 11) is 0. The van der Waals surface area contributed by atoms with Crippen LogP contribution in [-0.2, 0) is 0 Å². The van der Waals surface area contributed by atoms with Crippen LogP contribution in [-0.4, -0.2) is 11.8 Å². The number of carbonyl (C=O) groups is 2. The van der Waals surface area contributed by atoms with Crippen LogP contribution in [0.15, 0.2) is 113 Å². The fraction of sp³-hybridized carbons (Fsp3) is 0. The number of nitrogens with zero attached hydrogens (tertiary/aromatic N) is 1. The number of amides is 2. The van der Waals surface area contributed by atoms with Crippen LogP contribution in [0.25, 0.3) is 21.7 Å². The van der Waals surface area contributed by atoms with Crippen LogP contribution in [0.5, 0.6) is 0 Å². The number of fused-ring (bicyclic) bond motifs is 3. The van der Waals surface area contributed by atoms with Gasteiger partial charge in [0.25, 0.3) is 11.8 Å². The first-order valence-corrected chi connectivity index (χ1v) is 10.4. The number of para-hydroxylation sites is 1. The zero-order valence-electron chi connectivity index (χ0n) is 17.5. The maximum absolute atomic E-state index is 13.2. The summed E-state index contributed by atoms with van der Waals surface area (Å²) in [5.41, 5.74) is 4.34. The van der Waals surface area contributed by atoms with E-state index in [0.29, 0.717) is 16.8 Å². The molecular weight excluding hydrogens is 414 g/mol. The topological polar surface area (TPSA) is 83.7 Å². The summed E-state index contributed by atoms with van der Waals surface area (Å²) >= 11 is 0. The van der Waals surface area contributed by atoms with Gasteiger partial charge >= 0.3 is 0 Å². The molecule has 0 unspecified atom stereocenters. The zero-order chi connectivity index (χ0) is 22.6. The van der Waals surface area contributed by atoms with Gasteiger partial charge in [-0.1, -0.05) is 66.7 Å². The molecule has 1 aromatic heterocycles. The summed E-state index contributed by atoms with van der Waals surface area (Å²) in [5.74, 6) is -0.800. The Labute approximate surface area is 189 Å². The van der Waals surface area contributed by atoms with Gasteiger partial charge in [0.1, 0.15) is 11.1 Å². The Morgan fingerprint density at radius 2 is 1.39 bits per heavy atom. The van der Waals surface area contributed by atoms with Gasteiger partial charge in [0.15, 0.2) is 0 Å². The lowest BCUT2D eigenvalue weighted by Crippen LogP contribution is -2.26. The molecule has 33 heavy (non-hydrogen) atoms. The van der Waals surface area contributed by atoms with Gasteiger partial charge in [-0.15, -0.1) is 5.10 Å². The van der Waals surface area contributed by atoms with Gasteiger partial charge in [-0.05, 0) is 47.2 Å². The van der Waals surface area contributed by atoms with Gasteiger partial charge in [-0.25, -0.2) is 5.43 Å². The van der Waals surface area contributed by atoms with Crippen molar-refractivity contribution in [3.05, 3.63) is 120 Å². The first-order valence-electron chi connectivity index (χ1n) is 10.4. The lowest BCUT2D eigenvalue weighted by Gasteiger charge is -2.09. The van der Waals surface area contributed by atoms with Crippen LogP contribution in [0.4, 0.5) is 5.69 Å². The van der Waals surface area contributed by atoms with E-state index in [1.807, 2.05) is 60.7 Å². The molecule has 2 N–H and O–H groups in total. The van der Waals surface area contributed by atoms with Crippen LogP contribution >= 0.6 is 0 Å². The smallest absolute Gasteiger partial charge is 0.271 e.